The molecule has 1 rings (SSSR count). The van der Waals surface area contributed by atoms with E-state index in [0.29, 0.717) is 12.4 Å². The first-order valence-electron chi connectivity index (χ1n) is 5.25. The maximum atomic E-state index is 12.0. The molecule has 1 aromatic rings. The minimum absolute atomic E-state index is 0.0938. The number of halogens is 1. The molecule has 1 aromatic carbocycles. The number of rotatable bonds is 6. The van der Waals surface area contributed by atoms with E-state index in [1.165, 1.54) is 32.4 Å². The summed E-state index contributed by atoms with van der Waals surface area (Å²) in [6, 6.07) is 3.98. The van der Waals surface area contributed by atoms with Crippen molar-refractivity contribution in [2.75, 3.05) is 20.8 Å². The summed E-state index contributed by atoms with van der Waals surface area (Å²) in [6.07, 6.45) is 0. The highest BCUT2D eigenvalue weighted by molar-refractivity contribution is 7.89. The van der Waals surface area contributed by atoms with Crippen molar-refractivity contribution in [2.45, 2.75) is 17.9 Å². The zero-order valence-electron chi connectivity index (χ0n) is 10.4. The van der Waals surface area contributed by atoms with Crippen LogP contribution in [0.4, 0.5) is 0 Å². The van der Waals surface area contributed by atoms with Crippen molar-refractivity contribution in [2.24, 2.45) is 0 Å². The Kier molecular flexibility index (Phi) is 5.40. The molecule has 5 nitrogen and oxygen atoms in total. The van der Waals surface area contributed by atoms with Crippen molar-refractivity contribution >= 4 is 21.6 Å². The summed E-state index contributed by atoms with van der Waals surface area (Å²) in [5.74, 6) is 0.431. The molecule has 0 spiro atoms. The highest BCUT2D eigenvalue weighted by Crippen LogP contribution is 2.26. The van der Waals surface area contributed by atoms with E-state index in [4.69, 9.17) is 21.1 Å². The molecule has 0 amide bonds. The van der Waals surface area contributed by atoms with E-state index in [9.17, 15) is 8.42 Å². The number of hydrogen-bond donors (Lipinski definition) is 1. The van der Waals surface area contributed by atoms with Gasteiger partial charge in [-0.05, 0) is 25.1 Å². The molecule has 0 aliphatic heterocycles. The third-order valence-corrected chi connectivity index (χ3v) is 4.09. The van der Waals surface area contributed by atoms with Crippen molar-refractivity contribution in [3.63, 3.8) is 0 Å². The van der Waals surface area contributed by atoms with Crippen molar-refractivity contribution < 1.29 is 17.9 Å². The quantitative estimate of drug-likeness (QED) is 0.866. The average molecular weight is 294 g/mol. The van der Waals surface area contributed by atoms with Gasteiger partial charge in [-0.2, -0.15) is 0 Å². The third-order valence-electron chi connectivity index (χ3n) is 2.21. The van der Waals surface area contributed by atoms with Crippen LogP contribution >= 0.6 is 11.6 Å². The van der Waals surface area contributed by atoms with E-state index in [1.807, 2.05) is 0 Å². The Morgan fingerprint density at radius 2 is 2.06 bits per heavy atom. The second kappa shape index (κ2) is 6.38. The molecular weight excluding hydrogens is 278 g/mol. The zero-order valence-corrected chi connectivity index (χ0v) is 12.0. The smallest absolute Gasteiger partial charge is 0.240 e. The number of ether oxygens (including phenoxy) is 2. The topological polar surface area (TPSA) is 64.6 Å². The van der Waals surface area contributed by atoms with Gasteiger partial charge in [0.05, 0.1) is 23.6 Å². The van der Waals surface area contributed by atoms with Crippen molar-refractivity contribution in [1.29, 1.82) is 0 Å². The van der Waals surface area contributed by atoms with Gasteiger partial charge in [-0.1, -0.05) is 11.6 Å². The predicted octanol–water partition coefficient (Wildman–Crippen LogP) is 1.66. The predicted molar refractivity (Wildman–Crippen MR) is 69.7 cm³/mol. The van der Waals surface area contributed by atoms with Gasteiger partial charge < -0.3 is 9.47 Å². The molecule has 0 bridgehead atoms. The van der Waals surface area contributed by atoms with Crippen LogP contribution in [0.25, 0.3) is 0 Å². The lowest BCUT2D eigenvalue weighted by Crippen LogP contribution is -2.35. The van der Waals surface area contributed by atoms with Crippen LogP contribution in [-0.2, 0) is 14.8 Å². The molecule has 1 unspecified atom stereocenters. The Labute approximate surface area is 112 Å². The number of hydrogen-bond acceptors (Lipinski definition) is 4. The Morgan fingerprint density at radius 3 is 2.56 bits per heavy atom. The number of nitrogens with one attached hydrogen (secondary N) is 1. The number of methoxy groups -OCH3 is 2. The molecule has 1 atom stereocenters. The number of sulfonamides is 1. The van der Waals surface area contributed by atoms with Crippen molar-refractivity contribution in [3.8, 4) is 5.75 Å². The van der Waals surface area contributed by atoms with Gasteiger partial charge in [-0.3, -0.25) is 0 Å². The highest BCUT2D eigenvalue weighted by atomic mass is 35.5. The van der Waals surface area contributed by atoms with E-state index in [1.54, 1.807) is 6.92 Å². The standard InChI is InChI=1S/C11H16ClNO4S/c1-8(7-16-2)13-18(14,15)9-4-5-11(17-3)10(12)6-9/h4-6,8,13H,7H2,1-3H3. The van der Waals surface area contributed by atoms with Crippen LogP contribution in [0.1, 0.15) is 6.92 Å². The van der Waals surface area contributed by atoms with Gasteiger partial charge in [0, 0.05) is 13.2 Å². The fourth-order valence-electron chi connectivity index (χ4n) is 1.43. The van der Waals surface area contributed by atoms with E-state index in [0.717, 1.165) is 0 Å². The van der Waals surface area contributed by atoms with E-state index in [-0.39, 0.29) is 16.0 Å². The van der Waals surface area contributed by atoms with Crippen LogP contribution in [0.15, 0.2) is 23.1 Å². The highest BCUT2D eigenvalue weighted by Gasteiger charge is 2.18. The fraction of sp³-hybridized carbons (Fsp3) is 0.455. The Hall–Kier alpha value is -0.820. The molecule has 18 heavy (non-hydrogen) atoms. The van der Waals surface area contributed by atoms with Crippen LogP contribution in [-0.4, -0.2) is 35.3 Å². The molecule has 102 valence electrons. The van der Waals surface area contributed by atoms with Crippen LogP contribution in [0.3, 0.4) is 0 Å². The van der Waals surface area contributed by atoms with Crippen molar-refractivity contribution in [3.05, 3.63) is 23.2 Å². The second-order valence-corrected chi connectivity index (χ2v) is 5.90. The number of benzene rings is 1. The SMILES string of the molecule is COCC(C)NS(=O)(=O)c1ccc(OC)c(Cl)c1. The van der Waals surface area contributed by atoms with E-state index < -0.39 is 10.0 Å². The summed E-state index contributed by atoms with van der Waals surface area (Å²) >= 11 is 5.89. The summed E-state index contributed by atoms with van der Waals surface area (Å²) in [7, 11) is -0.624. The van der Waals surface area contributed by atoms with Gasteiger partial charge in [0.15, 0.2) is 0 Å². The van der Waals surface area contributed by atoms with Gasteiger partial charge in [-0.25, -0.2) is 13.1 Å². The summed E-state index contributed by atoms with van der Waals surface area (Å²) < 4.78 is 36.3. The molecular formula is C11H16ClNO4S. The first-order chi connectivity index (χ1) is 8.40. The second-order valence-electron chi connectivity index (χ2n) is 3.77. The molecule has 0 heterocycles. The lowest BCUT2D eigenvalue weighted by Gasteiger charge is -2.13. The molecule has 0 fully saturated rings. The summed E-state index contributed by atoms with van der Waals surface area (Å²) in [6.45, 7) is 2.01. The molecule has 7 heteroatoms. The summed E-state index contributed by atoms with van der Waals surface area (Å²) in [4.78, 5) is 0.0938. The van der Waals surface area contributed by atoms with Crippen LogP contribution in [0.5, 0.6) is 5.75 Å². The lowest BCUT2D eigenvalue weighted by atomic mass is 10.3. The minimum atomic E-state index is -3.60. The molecule has 0 aromatic heterocycles. The fourth-order valence-corrected chi connectivity index (χ4v) is 3.01. The van der Waals surface area contributed by atoms with Gasteiger partial charge >= 0.3 is 0 Å². The Balaban J connectivity index is 2.95. The zero-order chi connectivity index (χ0) is 13.8. The molecule has 0 saturated heterocycles. The summed E-state index contributed by atoms with van der Waals surface area (Å²) in [5, 5.41) is 0.250. The lowest BCUT2D eigenvalue weighted by molar-refractivity contribution is 0.180. The largest absolute Gasteiger partial charge is 0.495 e. The first-order valence-corrected chi connectivity index (χ1v) is 7.11. The minimum Gasteiger partial charge on any atom is -0.495 e. The van der Waals surface area contributed by atoms with Crippen molar-refractivity contribution in [1.82, 2.24) is 4.72 Å². The maximum absolute atomic E-state index is 12.0. The van der Waals surface area contributed by atoms with Crippen LogP contribution in [0, 0.1) is 0 Å². The molecule has 1 N–H and O–H groups in total. The normalized spacial score (nSPS) is 13.3. The van der Waals surface area contributed by atoms with Crippen LogP contribution in [0.2, 0.25) is 5.02 Å². The third kappa shape index (κ3) is 3.84. The van der Waals surface area contributed by atoms with Gasteiger partial charge in [0.25, 0.3) is 0 Å². The van der Waals surface area contributed by atoms with Gasteiger partial charge in [-0.15, -0.1) is 0 Å². The van der Waals surface area contributed by atoms with E-state index >= 15 is 0 Å². The first kappa shape index (κ1) is 15.2. The van der Waals surface area contributed by atoms with E-state index in [2.05, 4.69) is 4.72 Å². The average Bonchev–Trinajstić information content (AvgIpc) is 2.28. The molecule has 0 radical (unpaired) electrons. The summed E-state index contributed by atoms with van der Waals surface area (Å²) in [5.41, 5.74) is 0. The monoisotopic (exact) mass is 293 g/mol. The van der Waals surface area contributed by atoms with Gasteiger partial charge in [0.2, 0.25) is 10.0 Å². The Morgan fingerprint density at radius 1 is 1.39 bits per heavy atom. The maximum Gasteiger partial charge on any atom is 0.240 e. The molecule has 0 aliphatic rings. The van der Waals surface area contributed by atoms with Crippen LogP contribution < -0.4 is 9.46 Å². The Bertz CT molecular complexity index is 504. The van der Waals surface area contributed by atoms with Gasteiger partial charge in [0.1, 0.15) is 5.75 Å². The molecule has 0 saturated carbocycles. The molecule has 0 aliphatic carbocycles.